The summed E-state index contributed by atoms with van der Waals surface area (Å²) in [6.07, 6.45) is 1.76. The van der Waals surface area contributed by atoms with E-state index in [1.807, 2.05) is 39.6 Å². The van der Waals surface area contributed by atoms with Crippen LogP contribution in [-0.2, 0) is 11.3 Å². The molecular weight excluding hydrogens is 331 g/mol. The topological polar surface area (TPSA) is 41.9 Å². The molecule has 26 heavy (non-hydrogen) atoms. The first-order chi connectivity index (χ1) is 12.3. The van der Waals surface area contributed by atoms with Gasteiger partial charge < -0.3 is 9.64 Å². The molecule has 0 bridgehead atoms. The Balaban J connectivity index is 2.14. The van der Waals surface area contributed by atoms with Gasteiger partial charge in [0.2, 0.25) is 0 Å². The van der Waals surface area contributed by atoms with Crippen molar-refractivity contribution in [3.63, 3.8) is 0 Å². The third-order valence-corrected chi connectivity index (χ3v) is 4.44. The number of carbonyl (C=O) groups excluding carboxylic acids is 1. The van der Waals surface area contributed by atoms with Gasteiger partial charge in [-0.25, -0.2) is 14.2 Å². The van der Waals surface area contributed by atoms with Crippen LogP contribution in [0.1, 0.15) is 39.5 Å². The fourth-order valence-corrected chi connectivity index (χ4v) is 2.40. The van der Waals surface area contributed by atoms with Crippen LogP contribution < -0.4 is 0 Å². The Labute approximate surface area is 154 Å². The molecule has 2 aromatic rings. The number of nitrogens with zero attached hydrogens (tertiary/aromatic N) is 2. The molecule has 138 valence electrons. The number of rotatable bonds is 6. The van der Waals surface area contributed by atoms with Crippen molar-refractivity contribution in [1.29, 1.82) is 0 Å². The predicted octanol–water partition coefficient (Wildman–Crippen LogP) is 4.72. The zero-order chi connectivity index (χ0) is 19.3. The van der Waals surface area contributed by atoms with Crippen LogP contribution in [0.15, 0.2) is 35.3 Å². The summed E-state index contributed by atoms with van der Waals surface area (Å²) in [7, 11) is 1.95. The van der Waals surface area contributed by atoms with Crippen molar-refractivity contribution in [1.82, 2.24) is 4.90 Å². The minimum absolute atomic E-state index is 0.0926. The van der Waals surface area contributed by atoms with Crippen molar-refractivity contribution in [2.75, 3.05) is 13.6 Å². The average Bonchev–Trinajstić information content (AvgIpc) is 2.61. The minimum Gasteiger partial charge on any atom is -0.457 e. The maximum atomic E-state index is 13.9. The van der Waals surface area contributed by atoms with E-state index in [-0.39, 0.29) is 12.4 Å². The van der Waals surface area contributed by atoms with Crippen LogP contribution >= 0.6 is 0 Å². The number of aliphatic imine (C=N–C) groups is 1. The first-order valence-electron chi connectivity index (χ1n) is 8.60. The third-order valence-electron chi connectivity index (χ3n) is 4.44. The summed E-state index contributed by atoms with van der Waals surface area (Å²) >= 11 is 0. The predicted molar refractivity (Wildman–Crippen MR) is 103 cm³/mol. The Morgan fingerprint density at radius 1 is 1.19 bits per heavy atom. The van der Waals surface area contributed by atoms with Gasteiger partial charge in [-0.05, 0) is 62.6 Å². The second-order valence-electron chi connectivity index (χ2n) is 6.37. The molecule has 0 radical (unpaired) electrons. The smallest absolute Gasteiger partial charge is 0.338 e. The van der Waals surface area contributed by atoms with Gasteiger partial charge >= 0.3 is 5.97 Å². The van der Waals surface area contributed by atoms with E-state index in [1.165, 1.54) is 6.07 Å². The molecule has 0 aromatic heterocycles. The summed E-state index contributed by atoms with van der Waals surface area (Å²) in [5, 5.41) is 0. The van der Waals surface area contributed by atoms with Crippen molar-refractivity contribution in [2.24, 2.45) is 4.99 Å². The lowest BCUT2D eigenvalue weighted by Gasteiger charge is -2.13. The number of hydrogen-bond donors (Lipinski definition) is 0. The fraction of sp³-hybridized carbons (Fsp3) is 0.333. The van der Waals surface area contributed by atoms with Crippen molar-refractivity contribution in [3.05, 3.63) is 64.0 Å². The monoisotopic (exact) mass is 356 g/mol. The van der Waals surface area contributed by atoms with Gasteiger partial charge in [0.25, 0.3) is 0 Å². The van der Waals surface area contributed by atoms with Gasteiger partial charge in [0.1, 0.15) is 12.4 Å². The molecule has 0 aliphatic carbocycles. The molecule has 0 aliphatic heterocycles. The van der Waals surface area contributed by atoms with Crippen LogP contribution in [0.5, 0.6) is 0 Å². The van der Waals surface area contributed by atoms with Gasteiger partial charge in [0.05, 0.1) is 17.6 Å². The summed E-state index contributed by atoms with van der Waals surface area (Å²) in [6.45, 7) is 8.41. The van der Waals surface area contributed by atoms with Gasteiger partial charge in [0.15, 0.2) is 0 Å². The Bertz CT molecular complexity index is 831. The molecular formula is C21H25FN2O2. The number of benzene rings is 2. The summed E-state index contributed by atoms with van der Waals surface area (Å²) in [5.41, 5.74) is 4.20. The fourth-order valence-electron chi connectivity index (χ4n) is 2.40. The Morgan fingerprint density at radius 2 is 1.92 bits per heavy atom. The molecule has 2 rings (SSSR count). The lowest BCUT2D eigenvalue weighted by molar-refractivity contribution is 0.0468. The van der Waals surface area contributed by atoms with Crippen LogP contribution in [-0.4, -0.2) is 30.8 Å². The van der Waals surface area contributed by atoms with E-state index < -0.39 is 5.97 Å². The second kappa shape index (κ2) is 8.61. The molecule has 0 atom stereocenters. The standard InChI is InChI=1S/C21H25FN2O2/c1-6-24(5)13-23-20-10-9-18(15(3)16(20)4)21(25)26-12-17-8-7-14(2)11-19(17)22/h7-11,13H,6,12H2,1-5H3/b23-13+. The first kappa shape index (κ1) is 19.6. The molecule has 0 spiro atoms. The number of hydrogen-bond acceptors (Lipinski definition) is 3. The zero-order valence-electron chi connectivity index (χ0n) is 16.0. The number of ether oxygens (including phenoxy) is 1. The van der Waals surface area contributed by atoms with Gasteiger partial charge in [-0.1, -0.05) is 12.1 Å². The lowest BCUT2D eigenvalue weighted by atomic mass is 10.0. The van der Waals surface area contributed by atoms with E-state index in [1.54, 1.807) is 30.6 Å². The SMILES string of the molecule is CCN(C)/C=N/c1ccc(C(=O)OCc2ccc(C)cc2F)c(C)c1C. The third kappa shape index (κ3) is 4.69. The Kier molecular flexibility index (Phi) is 6.50. The average molecular weight is 356 g/mol. The molecule has 5 heteroatoms. The quantitative estimate of drug-likeness (QED) is 0.427. The molecule has 2 aromatic carbocycles. The summed E-state index contributed by atoms with van der Waals surface area (Å²) in [4.78, 5) is 18.8. The van der Waals surface area contributed by atoms with Crippen LogP contribution in [0, 0.1) is 26.6 Å². The number of esters is 1. The van der Waals surface area contributed by atoms with E-state index in [2.05, 4.69) is 4.99 Å². The Hall–Kier alpha value is -2.69. The maximum Gasteiger partial charge on any atom is 0.338 e. The highest BCUT2D eigenvalue weighted by molar-refractivity contribution is 5.92. The molecule has 0 N–H and O–H groups in total. The van der Waals surface area contributed by atoms with E-state index in [4.69, 9.17) is 4.74 Å². The Morgan fingerprint density at radius 3 is 2.58 bits per heavy atom. The van der Waals surface area contributed by atoms with Crippen LogP contribution in [0.4, 0.5) is 10.1 Å². The van der Waals surface area contributed by atoms with Crippen LogP contribution in [0.3, 0.4) is 0 Å². The number of halogens is 1. The van der Waals surface area contributed by atoms with E-state index in [9.17, 15) is 9.18 Å². The van der Waals surface area contributed by atoms with Crippen molar-refractivity contribution < 1.29 is 13.9 Å². The van der Waals surface area contributed by atoms with Gasteiger partial charge in [-0.3, -0.25) is 0 Å². The first-order valence-corrected chi connectivity index (χ1v) is 8.60. The van der Waals surface area contributed by atoms with E-state index in [0.717, 1.165) is 28.9 Å². The van der Waals surface area contributed by atoms with E-state index >= 15 is 0 Å². The normalized spacial score (nSPS) is 11.0. The highest BCUT2D eigenvalue weighted by Crippen LogP contribution is 2.25. The molecule has 0 aliphatic rings. The summed E-state index contributed by atoms with van der Waals surface area (Å²) in [6, 6.07) is 8.36. The molecule has 0 saturated carbocycles. The largest absolute Gasteiger partial charge is 0.457 e. The minimum atomic E-state index is -0.466. The molecule has 0 heterocycles. The highest BCUT2D eigenvalue weighted by atomic mass is 19.1. The maximum absolute atomic E-state index is 13.9. The number of carbonyl (C=O) groups is 1. The van der Waals surface area contributed by atoms with Gasteiger partial charge in [-0.15, -0.1) is 0 Å². The summed E-state index contributed by atoms with van der Waals surface area (Å²) < 4.78 is 19.2. The van der Waals surface area contributed by atoms with Crippen LogP contribution in [0.25, 0.3) is 0 Å². The molecule has 0 unspecified atom stereocenters. The second-order valence-corrected chi connectivity index (χ2v) is 6.37. The van der Waals surface area contributed by atoms with Crippen molar-refractivity contribution in [2.45, 2.75) is 34.3 Å². The van der Waals surface area contributed by atoms with Gasteiger partial charge in [0, 0.05) is 19.2 Å². The molecule has 0 amide bonds. The highest BCUT2D eigenvalue weighted by Gasteiger charge is 2.15. The summed E-state index contributed by atoms with van der Waals surface area (Å²) in [5.74, 6) is -0.831. The van der Waals surface area contributed by atoms with Crippen LogP contribution in [0.2, 0.25) is 0 Å². The van der Waals surface area contributed by atoms with E-state index in [0.29, 0.717) is 11.1 Å². The lowest BCUT2D eigenvalue weighted by Crippen LogP contribution is -2.14. The van der Waals surface area contributed by atoms with Gasteiger partial charge in [-0.2, -0.15) is 0 Å². The zero-order valence-corrected chi connectivity index (χ0v) is 16.0. The van der Waals surface area contributed by atoms with Crippen molar-refractivity contribution >= 4 is 18.0 Å². The number of aryl methyl sites for hydroxylation is 1. The molecule has 0 fully saturated rings. The molecule has 0 saturated heterocycles. The van der Waals surface area contributed by atoms with Crippen molar-refractivity contribution in [3.8, 4) is 0 Å². The molecule has 4 nitrogen and oxygen atoms in total.